The van der Waals surface area contributed by atoms with Crippen molar-refractivity contribution in [3.05, 3.63) is 0 Å². The van der Waals surface area contributed by atoms with Crippen molar-refractivity contribution in [3.8, 4) is 0 Å². The molecule has 0 radical (unpaired) electrons. The molecule has 1 aliphatic carbocycles. The molecule has 0 bridgehead atoms. The maximum absolute atomic E-state index is 11.0. The van der Waals surface area contributed by atoms with Gasteiger partial charge in [0.15, 0.2) is 0 Å². The summed E-state index contributed by atoms with van der Waals surface area (Å²) in [5.74, 6) is 0.510. The first-order valence-electron chi connectivity index (χ1n) is 4.28. The van der Waals surface area contributed by atoms with Crippen molar-refractivity contribution < 1.29 is 4.79 Å². The van der Waals surface area contributed by atoms with Crippen molar-refractivity contribution in [1.29, 1.82) is 0 Å². The van der Waals surface area contributed by atoms with E-state index in [2.05, 4.69) is 13.8 Å². The fourth-order valence-electron chi connectivity index (χ4n) is 1.80. The lowest BCUT2D eigenvalue weighted by molar-refractivity contribution is -0.113. The van der Waals surface area contributed by atoms with E-state index in [0.29, 0.717) is 5.78 Å². The number of carbonyl (C=O) groups is 1. The Balaban J connectivity index is 2.38. The van der Waals surface area contributed by atoms with E-state index in [4.69, 9.17) is 0 Å². The molecule has 0 spiro atoms. The summed E-state index contributed by atoms with van der Waals surface area (Å²) in [6, 6.07) is 0. The van der Waals surface area contributed by atoms with Crippen molar-refractivity contribution in [2.45, 2.75) is 46.0 Å². The molecule has 10 heavy (non-hydrogen) atoms. The van der Waals surface area contributed by atoms with E-state index in [0.717, 1.165) is 32.1 Å². The van der Waals surface area contributed by atoms with Crippen LogP contribution in [0, 0.1) is 5.41 Å². The second-order valence-corrected chi connectivity index (χ2v) is 3.38. The van der Waals surface area contributed by atoms with E-state index < -0.39 is 0 Å². The van der Waals surface area contributed by atoms with Crippen LogP contribution < -0.4 is 0 Å². The molecule has 0 atom stereocenters. The van der Waals surface area contributed by atoms with E-state index >= 15 is 0 Å². The molecule has 1 saturated carbocycles. The average molecular weight is 140 g/mol. The van der Waals surface area contributed by atoms with Gasteiger partial charge in [-0.3, -0.25) is 4.79 Å². The molecule has 1 rings (SSSR count). The van der Waals surface area contributed by atoms with Crippen LogP contribution in [0.15, 0.2) is 0 Å². The molecule has 1 fully saturated rings. The van der Waals surface area contributed by atoms with Crippen molar-refractivity contribution in [3.63, 3.8) is 0 Å². The van der Waals surface area contributed by atoms with Gasteiger partial charge >= 0.3 is 0 Å². The van der Waals surface area contributed by atoms with Crippen LogP contribution in [0.5, 0.6) is 0 Å². The molecule has 1 aliphatic rings. The Morgan fingerprint density at radius 2 is 1.70 bits per heavy atom. The summed E-state index contributed by atoms with van der Waals surface area (Å²) in [6.07, 6.45) is 5.44. The fourth-order valence-corrected chi connectivity index (χ4v) is 1.80. The monoisotopic (exact) mass is 140 g/mol. The number of carbonyl (C=O) groups excluding carboxylic acids is 1. The van der Waals surface area contributed by atoms with E-state index in [-0.39, 0.29) is 5.41 Å². The number of ketones is 1. The fraction of sp³-hybridized carbons (Fsp3) is 0.889. The second-order valence-electron chi connectivity index (χ2n) is 3.38. The highest BCUT2D eigenvalue weighted by molar-refractivity contribution is 6.00. The lowest BCUT2D eigenvalue weighted by Crippen LogP contribution is -2.02. The van der Waals surface area contributed by atoms with Crippen LogP contribution in [-0.4, -0.2) is 5.78 Å². The standard InChI is InChI=1S/C9H16O/c1-3-5-9(6-4-2)7-8(9)10/h3-7H2,1-2H3. The van der Waals surface area contributed by atoms with Gasteiger partial charge in [0.2, 0.25) is 0 Å². The Bertz CT molecular complexity index is 132. The van der Waals surface area contributed by atoms with Crippen molar-refractivity contribution in [1.82, 2.24) is 0 Å². The predicted molar refractivity (Wildman–Crippen MR) is 41.9 cm³/mol. The van der Waals surface area contributed by atoms with Gasteiger partial charge in [-0.05, 0) is 12.8 Å². The summed E-state index contributed by atoms with van der Waals surface area (Å²) in [4.78, 5) is 11.0. The molecular weight excluding hydrogens is 124 g/mol. The quantitative estimate of drug-likeness (QED) is 0.586. The van der Waals surface area contributed by atoms with Crippen molar-refractivity contribution in [2.24, 2.45) is 5.41 Å². The summed E-state index contributed by atoms with van der Waals surface area (Å²) < 4.78 is 0. The van der Waals surface area contributed by atoms with Gasteiger partial charge < -0.3 is 0 Å². The first kappa shape index (κ1) is 7.77. The third-order valence-corrected chi connectivity index (χ3v) is 2.42. The molecule has 0 aliphatic heterocycles. The van der Waals surface area contributed by atoms with Crippen molar-refractivity contribution >= 4 is 5.78 Å². The zero-order valence-electron chi connectivity index (χ0n) is 6.94. The normalized spacial score (nSPS) is 21.2. The van der Waals surface area contributed by atoms with Crippen LogP contribution in [0.2, 0.25) is 0 Å². The first-order chi connectivity index (χ1) is 4.75. The topological polar surface area (TPSA) is 17.1 Å². The van der Waals surface area contributed by atoms with Crippen LogP contribution >= 0.6 is 0 Å². The Morgan fingerprint density at radius 1 is 1.30 bits per heavy atom. The highest BCUT2D eigenvalue weighted by Gasteiger charge is 2.51. The molecule has 0 unspecified atom stereocenters. The highest BCUT2D eigenvalue weighted by Crippen LogP contribution is 2.49. The molecule has 58 valence electrons. The van der Waals surface area contributed by atoms with Gasteiger partial charge in [0, 0.05) is 11.8 Å². The second kappa shape index (κ2) is 2.73. The number of Topliss-reactive ketones (excluding diaryl/α,β-unsaturated/α-hetero) is 1. The summed E-state index contributed by atoms with van der Waals surface area (Å²) in [7, 11) is 0. The first-order valence-corrected chi connectivity index (χ1v) is 4.28. The lowest BCUT2D eigenvalue weighted by Gasteiger charge is -2.08. The molecule has 0 aromatic rings. The molecule has 0 aromatic carbocycles. The van der Waals surface area contributed by atoms with E-state index in [1.807, 2.05) is 0 Å². The van der Waals surface area contributed by atoms with Gasteiger partial charge in [0.25, 0.3) is 0 Å². The Hall–Kier alpha value is -0.330. The zero-order valence-corrected chi connectivity index (χ0v) is 6.94. The number of hydrogen-bond donors (Lipinski definition) is 0. The summed E-state index contributed by atoms with van der Waals surface area (Å²) >= 11 is 0. The maximum Gasteiger partial charge on any atom is 0.140 e. The van der Waals surface area contributed by atoms with Gasteiger partial charge in [0.05, 0.1) is 0 Å². The molecule has 0 N–H and O–H groups in total. The number of hydrogen-bond acceptors (Lipinski definition) is 1. The average Bonchev–Trinajstić information content (AvgIpc) is 2.44. The van der Waals surface area contributed by atoms with E-state index in [9.17, 15) is 4.79 Å². The minimum Gasteiger partial charge on any atom is -0.299 e. The minimum absolute atomic E-state index is 0.170. The number of rotatable bonds is 4. The van der Waals surface area contributed by atoms with E-state index in [1.165, 1.54) is 0 Å². The molecule has 1 heteroatoms. The molecule has 1 nitrogen and oxygen atoms in total. The van der Waals surface area contributed by atoms with Crippen LogP contribution in [-0.2, 0) is 4.79 Å². The van der Waals surface area contributed by atoms with Gasteiger partial charge in [-0.15, -0.1) is 0 Å². The largest absolute Gasteiger partial charge is 0.299 e. The van der Waals surface area contributed by atoms with Crippen LogP contribution in [0.1, 0.15) is 46.0 Å². The summed E-state index contributed by atoms with van der Waals surface area (Å²) in [5, 5.41) is 0. The van der Waals surface area contributed by atoms with Gasteiger partial charge in [-0.2, -0.15) is 0 Å². The van der Waals surface area contributed by atoms with Gasteiger partial charge in [-0.25, -0.2) is 0 Å². The maximum atomic E-state index is 11.0. The highest BCUT2D eigenvalue weighted by atomic mass is 16.1. The van der Waals surface area contributed by atoms with Gasteiger partial charge in [0.1, 0.15) is 5.78 Å². The van der Waals surface area contributed by atoms with E-state index in [1.54, 1.807) is 0 Å². The van der Waals surface area contributed by atoms with Crippen LogP contribution in [0.25, 0.3) is 0 Å². The van der Waals surface area contributed by atoms with Crippen LogP contribution in [0.3, 0.4) is 0 Å². The van der Waals surface area contributed by atoms with Gasteiger partial charge in [-0.1, -0.05) is 26.7 Å². The SMILES string of the molecule is CCCC1(CCC)CC1=O. The van der Waals surface area contributed by atoms with Crippen molar-refractivity contribution in [2.75, 3.05) is 0 Å². The predicted octanol–water partition coefficient (Wildman–Crippen LogP) is 2.55. The molecule has 0 aromatic heterocycles. The summed E-state index contributed by atoms with van der Waals surface area (Å²) in [5.41, 5.74) is 0.170. The third-order valence-electron chi connectivity index (χ3n) is 2.42. The lowest BCUT2D eigenvalue weighted by atomic mass is 9.95. The Labute approximate surface area is 62.8 Å². The molecule has 0 amide bonds. The Kier molecular flexibility index (Phi) is 2.12. The Morgan fingerprint density at radius 3 is 1.90 bits per heavy atom. The zero-order chi connectivity index (χ0) is 7.61. The summed E-state index contributed by atoms with van der Waals surface area (Å²) in [6.45, 7) is 4.31. The minimum atomic E-state index is 0.170. The molecule has 0 heterocycles. The molecular formula is C9H16O. The molecule has 0 saturated heterocycles. The smallest absolute Gasteiger partial charge is 0.140 e. The van der Waals surface area contributed by atoms with Crippen LogP contribution in [0.4, 0.5) is 0 Å². The third kappa shape index (κ3) is 1.23.